The average molecular weight is 318 g/mol. The molecule has 0 spiro atoms. The third-order valence-electron chi connectivity index (χ3n) is 5.25. The highest BCUT2D eigenvalue weighted by Crippen LogP contribution is 2.48. The summed E-state index contributed by atoms with van der Waals surface area (Å²) in [4.78, 5) is 3.43. The van der Waals surface area contributed by atoms with Crippen molar-refractivity contribution in [1.29, 1.82) is 0 Å². The Balaban J connectivity index is 1.74. The number of rotatable bonds is 3. The van der Waals surface area contributed by atoms with Crippen LogP contribution in [0.3, 0.4) is 0 Å². The van der Waals surface area contributed by atoms with Crippen LogP contribution in [0.25, 0.3) is 10.9 Å². The molecule has 2 heterocycles. The lowest BCUT2D eigenvalue weighted by molar-refractivity contribution is 0.249. The molecule has 1 N–H and O–H groups in total. The number of nitrogens with one attached hydrogen (secondary N) is 1. The number of para-hydroxylation sites is 1. The van der Waals surface area contributed by atoms with Crippen LogP contribution in [0.1, 0.15) is 50.8 Å². The van der Waals surface area contributed by atoms with E-state index in [1.807, 2.05) is 25.1 Å². The van der Waals surface area contributed by atoms with Gasteiger partial charge in [-0.25, -0.2) is 8.42 Å². The van der Waals surface area contributed by atoms with Crippen molar-refractivity contribution in [3.8, 4) is 0 Å². The molecule has 22 heavy (non-hydrogen) atoms. The average Bonchev–Trinajstić information content (AvgIpc) is 3.14. The molecule has 0 radical (unpaired) electrons. The Morgan fingerprint density at radius 3 is 2.73 bits per heavy atom. The zero-order valence-corrected chi connectivity index (χ0v) is 13.7. The van der Waals surface area contributed by atoms with Crippen molar-refractivity contribution in [3.63, 3.8) is 0 Å². The maximum absolute atomic E-state index is 13.0. The summed E-state index contributed by atoms with van der Waals surface area (Å²) in [5.74, 6) is 0. The van der Waals surface area contributed by atoms with Crippen LogP contribution in [0.4, 0.5) is 0 Å². The lowest BCUT2D eigenvalue weighted by atomic mass is 10.0. The van der Waals surface area contributed by atoms with Gasteiger partial charge in [-0.15, -0.1) is 0 Å². The smallest absolute Gasteiger partial charge is 0.220 e. The van der Waals surface area contributed by atoms with Gasteiger partial charge in [-0.3, -0.25) is 0 Å². The fourth-order valence-electron chi connectivity index (χ4n) is 3.50. The van der Waals surface area contributed by atoms with Gasteiger partial charge in [-0.1, -0.05) is 24.6 Å². The first-order valence-electron chi connectivity index (χ1n) is 8.10. The molecule has 0 amide bonds. The number of sulfonamides is 1. The van der Waals surface area contributed by atoms with E-state index in [0.29, 0.717) is 6.54 Å². The van der Waals surface area contributed by atoms with Gasteiger partial charge in [0.25, 0.3) is 0 Å². The number of fused-ring (bicyclic) bond motifs is 1. The molecule has 1 aromatic carbocycles. The van der Waals surface area contributed by atoms with E-state index in [1.165, 1.54) is 0 Å². The van der Waals surface area contributed by atoms with Crippen LogP contribution in [0, 0.1) is 0 Å². The number of aromatic amines is 1. The third-order valence-corrected chi connectivity index (χ3v) is 7.96. The van der Waals surface area contributed by atoms with Crippen molar-refractivity contribution in [2.24, 2.45) is 0 Å². The van der Waals surface area contributed by atoms with E-state index >= 15 is 0 Å². The second kappa shape index (κ2) is 4.83. The lowest BCUT2D eigenvalue weighted by Gasteiger charge is -2.36. The first-order valence-corrected chi connectivity index (χ1v) is 9.54. The molecular weight excluding hydrogens is 296 g/mol. The number of aromatic nitrogens is 1. The summed E-state index contributed by atoms with van der Waals surface area (Å²) in [5.41, 5.74) is 2.12. The molecule has 1 aliphatic heterocycles. The quantitative estimate of drug-likeness (QED) is 0.940. The molecule has 118 valence electrons. The van der Waals surface area contributed by atoms with Crippen LogP contribution in [-0.2, 0) is 10.0 Å². The number of piperidine rings is 1. The molecule has 1 atom stereocenters. The van der Waals surface area contributed by atoms with Gasteiger partial charge in [-0.2, -0.15) is 4.31 Å². The summed E-state index contributed by atoms with van der Waals surface area (Å²) in [5, 5.41) is 1.15. The predicted octanol–water partition coefficient (Wildman–Crippen LogP) is 3.58. The Bertz CT molecular complexity index is 772. The molecule has 1 saturated heterocycles. The van der Waals surface area contributed by atoms with E-state index in [-0.39, 0.29) is 6.04 Å². The number of H-pyrrole nitrogens is 1. The summed E-state index contributed by atoms with van der Waals surface area (Å²) >= 11 is 0. The minimum absolute atomic E-state index is 0.0384. The zero-order chi connectivity index (χ0) is 15.4. The van der Waals surface area contributed by atoms with Crippen molar-refractivity contribution in [2.75, 3.05) is 6.54 Å². The van der Waals surface area contributed by atoms with Crippen molar-refractivity contribution < 1.29 is 8.42 Å². The summed E-state index contributed by atoms with van der Waals surface area (Å²) in [7, 11) is -3.21. The van der Waals surface area contributed by atoms with Gasteiger partial charge in [-0.05, 0) is 50.1 Å². The molecule has 2 aromatic rings. The monoisotopic (exact) mass is 318 g/mol. The van der Waals surface area contributed by atoms with Crippen molar-refractivity contribution in [2.45, 2.75) is 49.8 Å². The van der Waals surface area contributed by atoms with Crippen LogP contribution in [-0.4, -0.2) is 29.0 Å². The molecule has 2 fully saturated rings. The Hall–Kier alpha value is -1.33. The Morgan fingerprint density at radius 1 is 1.23 bits per heavy atom. The van der Waals surface area contributed by atoms with Gasteiger partial charge >= 0.3 is 0 Å². The van der Waals surface area contributed by atoms with Crippen LogP contribution < -0.4 is 0 Å². The third kappa shape index (κ3) is 2.10. The summed E-state index contributed by atoms with van der Waals surface area (Å²) < 4.78 is 27.2. The van der Waals surface area contributed by atoms with E-state index in [0.717, 1.165) is 48.7 Å². The van der Waals surface area contributed by atoms with Crippen LogP contribution in [0.15, 0.2) is 30.3 Å². The first kappa shape index (κ1) is 14.3. The van der Waals surface area contributed by atoms with Crippen molar-refractivity contribution >= 4 is 20.9 Å². The molecule has 1 saturated carbocycles. The highest BCUT2D eigenvalue weighted by molar-refractivity contribution is 7.90. The largest absolute Gasteiger partial charge is 0.357 e. The fraction of sp³-hybridized carbons (Fsp3) is 0.529. The first-order chi connectivity index (χ1) is 10.5. The van der Waals surface area contributed by atoms with E-state index in [1.54, 1.807) is 4.31 Å². The minimum atomic E-state index is -3.21. The van der Waals surface area contributed by atoms with Gasteiger partial charge in [0.1, 0.15) is 0 Å². The van der Waals surface area contributed by atoms with Crippen molar-refractivity contribution in [1.82, 2.24) is 9.29 Å². The second-order valence-corrected chi connectivity index (χ2v) is 9.29. The molecule has 1 aromatic heterocycles. The van der Waals surface area contributed by atoms with E-state index in [4.69, 9.17) is 0 Å². The molecule has 5 heteroatoms. The topological polar surface area (TPSA) is 53.2 Å². The van der Waals surface area contributed by atoms with E-state index in [9.17, 15) is 8.42 Å². The number of benzene rings is 1. The molecule has 2 aliphatic rings. The predicted molar refractivity (Wildman–Crippen MR) is 88.2 cm³/mol. The standard InChI is InChI=1S/C17H22N2O2S/c1-17(9-10-17)22(20,21)19-11-5-4-8-16(19)15-12-13-6-2-3-7-14(13)18-15/h2-3,6-7,12,16,18H,4-5,8-11H2,1H3. The number of hydrogen-bond acceptors (Lipinski definition) is 2. The zero-order valence-electron chi connectivity index (χ0n) is 12.9. The van der Waals surface area contributed by atoms with E-state index < -0.39 is 14.8 Å². The van der Waals surface area contributed by atoms with Gasteiger partial charge in [0.05, 0.1) is 10.8 Å². The summed E-state index contributed by atoms with van der Waals surface area (Å²) in [6, 6.07) is 10.2. The summed E-state index contributed by atoms with van der Waals surface area (Å²) in [6.45, 7) is 2.54. The normalized spacial score (nSPS) is 25.4. The molecule has 1 unspecified atom stereocenters. The number of nitrogens with zero attached hydrogens (tertiary/aromatic N) is 1. The van der Waals surface area contributed by atoms with Crippen LogP contribution in [0.5, 0.6) is 0 Å². The van der Waals surface area contributed by atoms with Gasteiger partial charge in [0, 0.05) is 17.8 Å². The van der Waals surface area contributed by atoms with E-state index in [2.05, 4.69) is 17.1 Å². The van der Waals surface area contributed by atoms with Crippen molar-refractivity contribution in [3.05, 3.63) is 36.0 Å². The fourth-order valence-corrected chi connectivity index (χ4v) is 5.60. The maximum Gasteiger partial charge on any atom is 0.220 e. The maximum atomic E-state index is 13.0. The Morgan fingerprint density at radius 2 is 2.00 bits per heavy atom. The van der Waals surface area contributed by atoms with Crippen LogP contribution in [0.2, 0.25) is 0 Å². The summed E-state index contributed by atoms with van der Waals surface area (Å²) in [6.07, 6.45) is 4.55. The van der Waals surface area contributed by atoms with Gasteiger partial charge in [0.2, 0.25) is 10.0 Å². The number of hydrogen-bond donors (Lipinski definition) is 1. The second-order valence-electron chi connectivity index (χ2n) is 6.89. The van der Waals surface area contributed by atoms with Gasteiger partial charge in [0.15, 0.2) is 0 Å². The SMILES string of the molecule is CC1(S(=O)(=O)N2CCCCC2c2cc3ccccc3[nH]2)CC1. The van der Waals surface area contributed by atoms with Crippen LogP contribution >= 0.6 is 0 Å². The molecule has 4 nitrogen and oxygen atoms in total. The lowest BCUT2D eigenvalue weighted by Crippen LogP contribution is -2.43. The Labute approximate surface area is 131 Å². The highest BCUT2D eigenvalue weighted by atomic mass is 32.2. The highest BCUT2D eigenvalue weighted by Gasteiger charge is 2.54. The Kier molecular flexibility index (Phi) is 3.13. The molecule has 1 aliphatic carbocycles. The minimum Gasteiger partial charge on any atom is -0.357 e. The molecule has 0 bridgehead atoms. The molecular formula is C17H22N2O2S. The molecule has 4 rings (SSSR count). The van der Waals surface area contributed by atoms with Gasteiger partial charge < -0.3 is 4.98 Å².